The van der Waals surface area contributed by atoms with Gasteiger partial charge in [-0.05, 0) is 58.2 Å². The first-order valence-electron chi connectivity index (χ1n) is 7.89. The Balaban J connectivity index is 1.88. The monoisotopic (exact) mass is 303 g/mol. The van der Waals surface area contributed by atoms with E-state index in [1.807, 2.05) is 20.8 Å². The number of rotatable bonds is 5. The number of aliphatic hydroxyl groups excluding tert-OH is 1. The van der Waals surface area contributed by atoms with Crippen LogP contribution in [0.25, 0.3) is 0 Å². The van der Waals surface area contributed by atoms with Gasteiger partial charge in [-0.1, -0.05) is 0 Å². The van der Waals surface area contributed by atoms with Crippen LogP contribution in [0.15, 0.2) is 0 Å². The molecule has 2 rings (SSSR count). The molecule has 1 aliphatic heterocycles. The molecule has 2 heterocycles. The molecule has 1 atom stereocenters. The summed E-state index contributed by atoms with van der Waals surface area (Å²) in [6.45, 7) is 9.19. The van der Waals surface area contributed by atoms with E-state index in [0.29, 0.717) is 17.3 Å². The summed E-state index contributed by atoms with van der Waals surface area (Å²) in [6.07, 6.45) is 1.93. The molecule has 22 heavy (non-hydrogen) atoms. The van der Waals surface area contributed by atoms with E-state index in [2.05, 4.69) is 26.5 Å². The molecule has 1 saturated heterocycles. The van der Waals surface area contributed by atoms with Crippen LogP contribution in [0.2, 0.25) is 0 Å². The molecule has 1 aromatic heterocycles. The molecule has 6 heteroatoms. The second kappa shape index (κ2) is 7.52. The van der Waals surface area contributed by atoms with Crippen molar-refractivity contribution in [3.05, 3.63) is 16.8 Å². The lowest BCUT2D eigenvalue weighted by molar-refractivity contribution is 0.102. The second-order valence-corrected chi connectivity index (χ2v) is 6.22. The Morgan fingerprint density at radius 1 is 1.36 bits per heavy atom. The van der Waals surface area contributed by atoms with Crippen LogP contribution in [-0.2, 0) is 0 Å². The molecule has 1 aromatic rings. The SMILES string of the molecule is Cc1nnc(NCC2CCN(C[C@H](C)O)CC2)c(C#N)c1C. The zero-order chi connectivity index (χ0) is 16.1. The second-order valence-electron chi connectivity index (χ2n) is 6.22. The van der Waals surface area contributed by atoms with E-state index in [-0.39, 0.29) is 6.10 Å². The van der Waals surface area contributed by atoms with Crippen LogP contribution >= 0.6 is 0 Å². The number of aliphatic hydroxyl groups is 1. The highest BCUT2D eigenvalue weighted by molar-refractivity contribution is 5.55. The van der Waals surface area contributed by atoms with E-state index in [9.17, 15) is 10.4 Å². The zero-order valence-corrected chi connectivity index (χ0v) is 13.6. The number of nitrogens with zero attached hydrogens (tertiary/aromatic N) is 4. The molecule has 0 unspecified atom stereocenters. The predicted octanol–water partition coefficient (Wildman–Crippen LogP) is 1.47. The number of aryl methyl sites for hydroxylation is 1. The van der Waals surface area contributed by atoms with Crippen molar-refractivity contribution in [2.75, 3.05) is 31.5 Å². The quantitative estimate of drug-likeness (QED) is 0.857. The number of nitriles is 1. The molecular formula is C16H25N5O. The van der Waals surface area contributed by atoms with Crippen molar-refractivity contribution in [3.63, 3.8) is 0 Å². The van der Waals surface area contributed by atoms with Gasteiger partial charge in [-0.25, -0.2) is 0 Å². The van der Waals surface area contributed by atoms with Crippen LogP contribution in [0.5, 0.6) is 0 Å². The normalized spacial score (nSPS) is 18.0. The van der Waals surface area contributed by atoms with Gasteiger partial charge in [0.25, 0.3) is 0 Å². The lowest BCUT2D eigenvalue weighted by Crippen LogP contribution is -2.39. The van der Waals surface area contributed by atoms with Crippen molar-refractivity contribution >= 4 is 5.82 Å². The summed E-state index contributed by atoms with van der Waals surface area (Å²) in [4.78, 5) is 2.30. The molecule has 0 spiro atoms. The maximum absolute atomic E-state index is 9.43. The smallest absolute Gasteiger partial charge is 0.166 e. The van der Waals surface area contributed by atoms with E-state index in [0.717, 1.165) is 50.3 Å². The molecule has 0 amide bonds. The fraction of sp³-hybridized carbons (Fsp3) is 0.688. The average molecular weight is 303 g/mol. The molecule has 0 bridgehead atoms. The third-order valence-corrected chi connectivity index (χ3v) is 4.35. The summed E-state index contributed by atoms with van der Waals surface area (Å²) in [7, 11) is 0. The van der Waals surface area contributed by atoms with Gasteiger partial charge in [0.2, 0.25) is 0 Å². The maximum atomic E-state index is 9.43. The zero-order valence-electron chi connectivity index (χ0n) is 13.6. The summed E-state index contributed by atoms with van der Waals surface area (Å²) in [5, 5.41) is 30.2. The summed E-state index contributed by atoms with van der Waals surface area (Å²) < 4.78 is 0. The fourth-order valence-electron chi connectivity index (χ4n) is 2.86. The van der Waals surface area contributed by atoms with E-state index in [1.165, 1.54) is 0 Å². The Kier molecular flexibility index (Phi) is 5.69. The van der Waals surface area contributed by atoms with Gasteiger partial charge >= 0.3 is 0 Å². The average Bonchev–Trinajstić information content (AvgIpc) is 2.49. The van der Waals surface area contributed by atoms with Crippen molar-refractivity contribution in [1.29, 1.82) is 5.26 Å². The molecule has 1 aliphatic rings. The number of piperidine rings is 1. The van der Waals surface area contributed by atoms with Gasteiger partial charge in [0.15, 0.2) is 5.82 Å². The minimum Gasteiger partial charge on any atom is -0.392 e. The first kappa shape index (κ1) is 16.7. The van der Waals surface area contributed by atoms with Gasteiger partial charge in [-0.2, -0.15) is 10.4 Å². The molecule has 6 nitrogen and oxygen atoms in total. The molecule has 2 N–H and O–H groups in total. The van der Waals surface area contributed by atoms with Gasteiger partial charge in [0.05, 0.1) is 11.8 Å². The summed E-state index contributed by atoms with van der Waals surface area (Å²) in [6, 6.07) is 2.22. The third kappa shape index (κ3) is 4.15. The molecule has 0 saturated carbocycles. The van der Waals surface area contributed by atoms with Crippen molar-refractivity contribution in [3.8, 4) is 6.07 Å². The lowest BCUT2D eigenvalue weighted by Gasteiger charge is -2.32. The van der Waals surface area contributed by atoms with Gasteiger partial charge < -0.3 is 15.3 Å². The summed E-state index contributed by atoms with van der Waals surface area (Å²) >= 11 is 0. The topological polar surface area (TPSA) is 85.1 Å². The number of nitrogens with one attached hydrogen (secondary N) is 1. The van der Waals surface area contributed by atoms with Crippen molar-refractivity contribution in [1.82, 2.24) is 15.1 Å². The van der Waals surface area contributed by atoms with E-state index < -0.39 is 0 Å². The molecular weight excluding hydrogens is 278 g/mol. The number of hydrogen-bond acceptors (Lipinski definition) is 6. The molecule has 0 aromatic carbocycles. The highest BCUT2D eigenvalue weighted by Gasteiger charge is 2.20. The Morgan fingerprint density at radius 3 is 2.64 bits per heavy atom. The Labute approximate surface area is 132 Å². The number of β-amino-alcohol motifs (C(OH)–C–C–N with tert-alkyl or cyclic N) is 1. The van der Waals surface area contributed by atoms with E-state index in [1.54, 1.807) is 0 Å². The van der Waals surface area contributed by atoms with Crippen LogP contribution in [0.3, 0.4) is 0 Å². The largest absolute Gasteiger partial charge is 0.392 e. The third-order valence-electron chi connectivity index (χ3n) is 4.35. The Bertz CT molecular complexity index is 544. The Hall–Kier alpha value is -1.71. The van der Waals surface area contributed by atoms with E-state index in [4.69, 9.17) is 0 Å². The van der Waals surface area contributed by atoms with Gasteiger partial charge in [0.1, 0.15) is 11.6 Å². The molecule has 0 aliphatic carbocycles. The minimum atomic E-state index is -0.265. The number of anilines is 1. The number of hydrogen-bond donors (Lipinski definition) is 2. The summed E-state index contributed by atoms with van der Waals surface area (Å²) in [5.41, 5.74) is 2.29. The number of aromatic nitrogens is 2. The highest BCUT2D eigenvalue weighted by atomic mass is 16.3. The number of likely N-dealkylation sites (tertiary alicyclic amines) is 1. The van der Waals surface area contributed by atoms with Gasteiger partial charge in [0, 0.05) is 13.1 Å². The van der Waals surface area contributed by atoms with Crippen molar-refractivity contribution in [2.24, 2.45) is 5.92 Å². The van der Waals surface area contributed by atoms with Gasteiger partial charge in [-0.3, -0.25) is 0 Å². The first-order valence-corrected chi connectivity index (χ1v) is 7.89. The first-order chi connectivity index (χ1) is 10.5. The van der Waals surface area contributed by atoms with Gasteiger partial charge in [-0.15, -0.1) is 5.10 Å². The Morgan fingerprint density at radius 2 is 2.05 bits per heavy atom. The fourth-order valence-corrected chi connectivity index (χ4v) is 2.86. The lowest BCUT2D eigenvalue weighted by atomic mass is 9.96. The standard InChI is InChI=1S/C16H25N5O/c1-11(22)10-21-6-4-14(5-7-21)9-18-16-15(8-17)12(2)13(3)19-20-16/h11,14,22H,4-7,9-10H2,1-3H3,(H,18,20)/t11-/m0/s1. The van der Waals surface area contributed by atoms with Crippen LogP contribution in [0.4, 0.5) is 5.82 Å². The van der Waals surface area contributed by atoms with Crippen molar-refractivity contribution in [2.45, 2.75) is 39.7 Å². The van der Waals surface area contributed by atoms with Crippen LogP contribution in [0, 0.1) is 31.1 Å². The predicted molar refractivity (Wildman–Crippen MR) is 85.6 cm³/mol. The van der Waals surface area contributed by atoms with E-state index >= 15 is 0 Å². The highest BCUT2D eigenvalue weighted by Crippen LogP contribution is 2.21. The molecule has 1 fully saturated rings. The minimum absolute atomic E-state index is 0.265. The van der Waals surface area contributed by atoms with Crippen molar-refractivity contribution < 1.29 is 5.11 Å². The molecule has 120 valence electrons. The van der Waals surface area contributed by atoms with Crippen LogP contribution in [0.1, 0.15) is 36.6 Å². The van der Waals surface area contributed by atoms with Crippen LogP contribution in [-0.4, -0.2) is 52.5 Å². The molecule has 0 radical (unpaired) electrons. The summed E-state index contributed by atoms with van der Waals surface area (Å²) in [5.74, 6) is 1.16. The van der Waals surface area contributed by atoms with Crippen LogP contribution < -0.4 is 5.32 Å². The maximum Gasteiger partial charge on any atom is 0.166 e.